The topological polar surface area (TPSA) is 25.8 Å². The summed E-state index contributed by atoms with van der Waals surface area (Å²) in [6.45, 7) is 1.90. The summed E-state index contributed by atoms with van der Waals surface area (Å²) in [5, 5.41) is 0.926. The zero-order valence-electron chi connectivity index (χ0n) is 6.99. The first-order valence-electron chi connectivity index (χ1n) is 3.80. The van der Waals surface area contributed by atoms with Gasteiger partial charge in [0.2, 0.25) is 0 Å². The second-order valence-electron chi connectivity index (χ2n) is 2.62. The fraction of sp³-hybridized carbons (Fsp3) is 0.111. The summed E-state index contributed by atoms with van der Waals surface area (Å²) < 4.78 is 0.749. The van der Waals surface area contributed by atoms with E-state index in [4.69, 9.17) is 11.6 Å². The third-order valence-corrected chi connectivity index (χ3v) is 3.15. The van der Waals surface area contributed by atoms with Crippen molar-refractivity contribution in [3.8, 4) is 10.6 Å². The van der Waals surface area contributed by atoms with Gasteiger partial charge >= 0.3 is 0 Å². The van der Waals surface area contributed by atoms with Crippen LogP contribution in [0.5, 0.6) is 0 Å². The molecule has 0 N–H and O–H groups in total. The Balaban J connectivity index is 2.48. The summed E-state index contributed by atoms with van der Waals surface area (Å²) in [7, 11) is 0. The van der Waals surface area contributed by atoms with E-state index in [0.717, 1.165) is 20.6 Å². The van der Waals surface area contributed by atoms with Gasteiger partial charge in [0.15, 0.2) is 0 Å². The maximum absolute atomic E-state index is 5.91. The van der Waals surface area contributed by atoms with Crippen LogP contribution in [0.3, 0.4) is 0 Å². The van der Waals surface area contributed by atoms with Crippen molar-refractivity contribution in [3.63, 3.8) is 0 Å². The Kier molecular flexibility index (Phi) is 2.29. The lowest BCUT2D eigenvalue weighted by atomic mass is 10.3. The van der Waals surface area contributed by atoms with Gasteiger partial charge in [-0.05, 0) is 19.1 Å². The van der Waals surface area contributed by atoms with E-state index in [1.54, 1.807) is 12.4 Å². The maximum atomic E-state index is 5.91. The number of nitrogens with zero attached hydrogens (tertiary/aromatic N) is 2. The number of thiazole rings is 1. The Bertz CT molecular complexity index is 391. The van der Waals surface area contributed by atoms with E-state index in [-0.39, 0.29) is 0 Å². The van der Waals surface area contributed by atoms with Gasteiger partial charge in [-0.2, -0.15) is 0 Å². The SMILES string of the molecule is Cc1nc(-c2cccnc2)sc1Cl. The molecule has 0 aliphatic rings. The predicted octanol–water partition coefficient (Wildman–Crippen LogP) is 3.17. The number of hydrogen-bond donors (Lipinski definition) is 0. The van der Waals surface area contributed by atoms with E-state index in [9.17, 15) is 0 Å². The van der Waals surface area contributed by atoms with Crippen molar-refractivity contribution in [2.24, 2.45) is 0 Å². The first-order valence-corrected chi connectivity index (χ1v) is 5.00. The molecule has 4 heteroatoms. The Morgan fingerprint density at radius 1 is 1.46 bits per heavy atom. The molecule has 0 bridgehead atoms. The number of rotatable bonds is 1. The molecule has 0 unspecified atom stereocenters. The predicted molar refractivity (Wildman–Crippen MR) is 55.1 cm³/mol. The zero-order chi connectivity index (χ0) is 9.26. The molecule has 0 aliphatic heterocycles. The fourth-order valence-corrected chi connectivity index (χ4v) is 2.04. The molecule has 2 rings (SSSR count). The van der Waals surface area contributed by atoms with E-state index < -0.39 is 0 Å². The van der Waals surface area contributed by atoms with Gasteiger partial charge in [0.05, 0.1) is 5.69 Å². The molecule has 0 atom stereocenters. The van der Waals surface area contributed by atoms with Gasteiger partial charge in [0.1, 0.15) is 9.34 Å². The summed E-state index contributed by atoms with van der Waals surface area (Å²) in [5.41, 5.74) is 1.90. The van der Waals surface area contributed by atoms with Crippen molar-refractivity contribution >= 4 is 22.9 Å². The Hall–Kier alpha value is -0.930. The molecular formula is C9H7ClN2S. The van der Waals surface area contributed by atoms with Crippen LogP contribution in [-0.4, -0.2) is 9.97 Å². The van der Waals surface area contributed by atoms with Crippen molar-refractivity contribution in [3.05, 3.63) is 34.6 Å². The number of aromatic nitrogens is 2. The minimum atomic E-state index is 0.749. The third kappa shape index (κ3) is 1.71. The second kappa shape index (κ2) is 3.44. The van der Waals surface area contributed by atoms with Crippen LogP contribution in [0.2, 0.25) is 4.34 Å². The fourth-order valence-electron chi connectivity index (χ4n) is 0.991. The lowest BCUT2D eigenvalue weighted by Gasteiger charge is -1.91. The van der Waals surface area contributed by atoms with Crippen LogP contribution in [0.4, 0.5) is 0 Å². The third-order valence-electron chi connectivity index (χ3n) is 1.65. The molecule has 66 valence electrons. The van der Waals surface area contributed by atoms with Gasteiger partial charge in [-0.15, -0.1) is 11.3 Å². The number of pyridine rings is 1. The normalized spacial score (nSPS) is 10.3. The summed E-state index contributed by atoms with van der Waals surface area (Å²) in [6.07, 6.45) is 3.53. The van der Waals surface area contributed by atoms with Crippen molar-refractivity contribution in [1.82, 2.24) is 9.97 Å². The highest BCUT2D eigenvalue weighted by Gasteiger charge is 2.06. The summed E-state index contributed by atoms with van der Waals surface area (Å²) in [6, 6.07) is 3.86. The quantitative estimate of drug-likeness (QED) is 0.723. The monoisotopic (exact) mass is 210 g/mol. The molecule has 0 amide bonds. The second-order valence-corrected chi connectivity index (χ2v) is 4.22. The molecular weight excluding hydrogens is 204 g/mol. The van der Waals surface area contributed by atoms with Crippen molar-refractivity contribution in [2.75, 3.05) is 0 Å². The van der Waals surface area contributed by atoms with E-state index >= 15 is 0 Å². The molecule has 2 heterocycles. The van der Waals surface area contributed by atoms with Crippen LogP contribution in [0.15, 0.2) is 24.5 Å². The van der Waals surface area contributed by atoms with Gasteiger partial charge in [0, 0.05) is 18.0 Å². The van der Waals surface area contributed by atoms with Crippen LogP contribution < -0.4 is 0 Å². The molecule has 13 heavy (non-hydrogen) atoms. The zero-order valence-corrected chi connectivity index (χ0v) is 8.56. The van der Waals surface area contributed by atoms with Crippen LogP contribution in [0.25, 0.3) is 10.6 Å². The lowest BCUT2D eigenvalue weighted by molar-refractivity contribution is 1.25. The largest absolute Gasteiger partial charge is 0.264 e. The minimum absolute atomic E-state index is 0.749. The Morgan fingerprint density at radius 2 is 2.31 bits per heavy atom. The van der Waals surface area contributed by atoms with Gasteiger partial charge in [-0.1, -0.05) is 11.6 Å². The molecule has 2 nitrogen and oxygen atoms in total. The first kappa shape index (κ1) is 8.66. The highest BCUT2D eigenvalue weighted by molar-refractivity contribution is 7.19. The van der Waals surface area contributed by atoms with Gasteiger partial charge in [-0.3, -0.25) is 4.98 Å². The molecule has 0 aliphatic carbocycles. The summed E-state index contributed by atoms with van der Waals surface area (Å²) >= 11 is 7.40. The van der Waals surface area contributed by atoms with E-state index in [1.165, 1.54) is 11.3 Å². The van der Waals surface area contributed by atoms with Crippen molar-refractivity contribution in [2.45, 2.75) is 6.92 Å². The molecule has 0 aromatic carbocycles. The molecule has 2 aromatic rings. The molecule has 0 saturated heterocycles. The van der Waals surface area contributed by atoms with E-state index in [1.807, 2.05) is 19.1 Å². The van der Waals surface area contributed by atoms with Gasteiger partial charge < -0.3 is 0 Å². The molecule has 0 fully saturated rings. The average molecular weight is 211 g/mol. The summed E-state index contributed by atoms with van der Waals surface area (Å²) in [4.78, 5) is 8.35. The van der Waals surface area contributed by atoms with Gasteiger partial charge in [0.25, 0.3) is 0 Å². The van der Waals surface area contributed by atoms with Crippen molar-refractivity contribution < 1.29 is 0 Å². The Labute approximate surface area is 85.2 Å². The van der Waals surface area contributed by atoms with E-state index in [0.29, 0.717) is 0 Å². The van der Waals surface area contributed by atoms with E-state index in [2.05, 4.69) is 9.97 Å². The minimum Gasteiger partial charge on any atom is -0.264 e. The maximum Gasteiger partial charge on any atom is 0.126 e. The molecule has 2 aromatic heterocycles. The summed E-state index contributed by atoms with van der Waals surface area (Å²) in [5.74, 6) is 0. The molecule has 0 spiro atoms. The van der Waals surface area contributed by atoms with Crippen LogP contribution in [-0.2, 0) is 0 Å². The van der Waals surface area contributed by atoms with Crippen LogP contribution in [0, 0.1) is 6.92 Å². The van der Waals surface area contributed by atoms with Crippen molar-refractivity contribution in [1.29, 1.82) is 0 Å². The number of halogens is 1. The Morgan fingerprint density at radius 3 is 2.85 bits per heavy atom. The standard InChI is InChI=1S/C9H7ClN2S/c1-6-8(10)13-9(12-6)7-3-2-4-11-5-7/h2-5H,1H3. The molecule has 0 radical (unpaired) electrons. The lowest BCUT2D eigenvalue weighted by Crippen LogP contribution is -1.77. The first-order chi connectivity index (χ1) is 6.27. The van der Waals surface area contributed by atoms with Gasteiger partial charge in [-0.25, -0.2) is 4.98 Å². The highest BCUT2D eigenvalue weighted by atomic mass is 35.5. The number of aryl methyl sites for hydroxylation is 1. The highest BCUT2D eigenvalue weighted by Crippen LogP contribution is 2.30. The number of hydrogen-bond acceptors (Lipinski definition) is 3. The van der Waals surface area contributed by atoms with Crippen LogP contribution in [0.1, 0.15) is 5.69 Å². The molecule has 0 saturated carbocycles. The van der Waals surface area contributed by atoms with Crippen LogP contribution >= 0.6 is 22.9 Å². The smallest absolute Gasteiger partial charge is 0.126 e. The average Bonchev–Trinajstić information content (AvgIpc) is 2.49.